The molecule has 0 atom stereocenters. The lowest BCUT2D eigenvalue weighted by molar-refractivity contribution is 0.145. The molecule has 1 heterocycles. The number of pyridine rings is 1. The van der Waals surface area contributed by atoms with Crippen molar-refractivity contribution in [3.8, 4) is 0 Å². The zero-order chi connectivity index (χ0) is 10.0. The van der Waals surface area contributed by atoms with Crippen molar-refractivity contribution in [3.63, 3.8) is 0 Å². The van der Waals surface area contributed by atoms with E-state index >= 15 is 0 Å². The van der Waals surface area contributed by atoms with Gasteiger partial charge in [0.25, 0.3) is 6.43 Å². The van der Waals surface area contributed by atoms with Gasteiger partial charge in [-0.05, 0) is 6.07 Å². The molecule has 0 fully saturated rings. The Morgan fingerprint density at radius 3 is 2.62 bits per heavy atom. The fourth-order valence-electron chi connectivity index (χ4n) is 0.842. The lowest BCUT2D eigenvalue weighted by atomic mass is 10.2. The average Bonchev–Trinajstić information content (AvgIpc) is 2.02. The van der Waals surface area contributed by atoms with Crippen LogP contribution in [0.2, 0.25) is 5.15 Å². The largest absolute Gasteiger partial charge is 0.280 e. The fourth-order valence-corrected chi connectivity index (χ4v) is 2.18. The molecule has 0 spiro atoms. The zero-order valence-corrected chi connectivity index (χ0v) is 9.30. The molecule has 1 rings (SSSR count). The summed E-state index contributed by atoms with van der Waals surface area (Å²) in [6, 6.07) is 1.44. The smallest absolute Gasteiger partial charge is 0.235 e. The molecule has 0 saturated carbocycles. The number of rotatable bonds is 2. The van der Waals surface area contributed by atoms with Crippen molar-refractivity contribution in [1.29, 1.82) is 0 Å². The number of hydrogen-bond acceptors (Lipinski definition) is 1. The summed E-state index contributed by atoms with van der Waals surface area (Å²) < 4.78 is 25.2. The van der Waals surface area contributed by atoms with E-state index in [0.29, 0.717) is 4.47 Å². The van der Waals surface area contributed by atoms with Gasteiger partial charge in [0, 0.05) is 10.0 Å². The summed E-state index contributed by atoms with van der Waals surface area (Å²) in [5.74, 6) is -0.0234. The number of aromatic nitrogens is 1. The minimum Gasteiger partial charge on any atom is -0.235 e. The van der Waals surface area contributed by atoms with Crippen molar-refractivity contribution in [2.45, 2.75) is 12.3 Å². The van der Waals surface area contributed by atoms with Crippen molar-refractivity contribution in [2.24, 2.45) is 0 Å². The summed E-state index contributed by atoms with van der Waals surface area (Å²) in [7, 11) is 0. The molecule has 0 aliphatic heterocycles. The second-order valence-corrected chi connectivity index (χ2v) is 3.73. The van der Waals surface area contributed by atoms with Crippen molar-refractivity contribution in [1.82, 2.24) is 4.98 Å². The summed E-state index contributed by atoms with van der Waals surface area (Å²) >= 11 is 14.1. The molecule has 0 aliphatic carbocycles. The summed E-state index contributed by atoms with van der Waals surface area (Å²) in [4.78, 5) is 3.51. The number of alkyl halides is 3. The molecule has 1 nitrogen and oxygen atoms in total. The van der Waals surface area contributed by atoms with E-state index in [0.717, 1.165) is 0 Å². The van der Waals surface area contributed by atoms with Crippen molar-refractivity contribution in [3.05, 3.63) is 26.9 Å². The number of hydrogen-bond donors (Lipinski definition) is 0. The fraction of sp³-hybridized carbons (Fsp3) is 0.286. The molecule has 0 bridgehead atoms. The van der Waals surface area contributed by atoms with E-state index in [1.807, 2.05) is 0 Å². The van der Waals surface area contributed by atoms with Gasteiger partial charge in [-0.25, -0.2) is 13.8 Å². The van der Waals surface area contributed by atoms with Gasteiger partial charge in [-0.3, -0.25) is 0 Å². The second-order valence-electron chi connectivity index (χ2n) is 2.22. The first-order chi connectivity index (χ1) is 6.06. The van der Waals surface area contributed by atoms with E-state index in [2.05, 4.69) is 20.9 Å². The van der Waals surface area contributed by atoms with Gasteiger partial charge in [0.2, 0.25) is 0 Å². The molecule has 13 heavy (non-hydrogen) atoms. The molecule has 0 aromatic carbocycles. The quantitative estimate of drug-likeness (QED) is 0.588. The minimum absolute atomic E-state index is 0.0234. The molecular weight excluding hydrogens is 287 g/mol. The van der Waals surface area contributed by atoms with Crippen LogP contribution in [0.25, 0.3) is 0 Å². The highest BCUT2D eigenvalue weighted by molar-refractivity contribution is 9.10. The van der Waals surface area contributed by atoms with Gasteiger partial charge in [0.05, 0.1) is 5.88 Å². The number of halogens is 5. The third kappa shape index (κ3) is 2.51. The first kappa shape index (κ1) is 11.1. The highest BCUT2D eigenvalue weighted by atomic mass is 79.9. The summed E-state index contributed by atoms with van der Waals surface area (Å²) in [5.41, 5.74) is -0.0876. The van der Waals surface area contributed by atoms with Gasteiger partial charge in [0.15, 0.2) is 0 Å². The van der Waals surface area contributed by atoms with Crippen molar-refractivity contribution < 1.29 is 8.78 Å². The molecular formula is C7H4BrCl2F2N. The van der Waals surface area contributed by atoms with Crippen LogP contribution in [-0.2, 0) is 5.88 Å². The minimum atomic E-state index is -2.66. The standard InChI is InChI=1S/C7H4BrCl2F2N/c8-4-1-5(10)13-6(7(11)12)3(4)2-9/h1,7H,2H2. The van der Waals surface area contributed by atoms with Gasteiger partial charge < -0.3 is 0 Å². The van der Waals surface area contributed by atoms with Crippen LogP contribution in [0.5, 0.6) is 0 Å². The van der Waals surface area contributed by atoms with Crippen molar-refractivity contribution >= 4 is 39.1 Å². The van der Waals surface area contributed by atoms with Gasteiger partial charge in [-0.2, -0.15) is 0 Å². The first-order valence-corrected chi connectivity index (χ1v) is 4.95. The molecule has 0 saturated heterocycles. The summed E-state index contributed by atoms with van der Waals surface area (Å²) in [5, 5.41) is 0.0241. The first-order valence-electron chi connectivity index (χ1n) is 3.25. The van der Waals surface area contributed by atoms with Gasteiger partial charge in [-0.15, -0.1) is 11.6 Å². The van der Waals surface area contributed by atoms with E-state index in [9.17, 15) is 8.78 Å². The second kappa shape index (κ2) is 4.53. The highest BCUT2D eigenvalue weighted by Crippen LogP contribution is 2.30. The van der Waals surface area contributed by atoms with Crippen LogP contribution in [0.4, 0.5) is 8.78 Å². The molecule has 6 heteroatoms. The van der Waals surface area contributed by atoms with Crippen LogP contribution < -0.4 is 0 Å². The monoisotopic (exact) mass is 289 g/mol. The van der Waals surface area contributed by atoms with Gasteiger partial charge in [0.1, 0.15) is 10.8 Å². The Morgan fingerprint density at radius 2 is 2.15 bits per heavy atom. The molecule has 1 aromatic rings. The Hall–Kier alpha value is 0.0700. The maximum Gasteiger partial charge on any atom is 0.280 e. The van der Waals surface area contributed by atoms with E-state index in [4.69, 9.17) is 23.2 Å². The van der Waals surface area contributed by atoms with Gasteiger partial charge in [-0.1, -0.05) is 27.5 Å². The summed E-state index contributed by atoms with van der Waals surface area (Å²) in [6.07, 6.45) is -2.66. The highest BCUT2D eigenvalue weighted by Gasteiger charge is 2.17. The lowest BCUT2D eigenvalue weighted by Gasteiger charge is -2.07. The Bertz CT molecular complexity index is 320. The van der Waals surface area contributed by atoms with Crippen LogP contribution in [0.3, 0.4) is 0 Å². The topological polar surface area (TPSA) is 12.9 Å². The summed E-state index contributed by atoms with van der Waals surface area (Å²) in [6.45, 7) is 0. The zero-order valence-electron chi connectivity index (χ0n) is 6.20. The SMILES string of the molecule is FC(F)c1nc(Cl)cc(Br)c1CCl. The van der Waals surface area contributed by atoms with Crippen LogP contribution in [-0.4, -0.2) is 4.98 Å². The third-order valence-electron chi connectivity index (χ3n) is 1.41. The van der Waals surface area contributed by atoms with Crippen LogP contribution in [0.15, 0.2) is 10.5 Å². The Kier molecular flexibility index (Phi) is 3.88. The molecule has 72 valence electrons. The Balaban J connectivity index is 3.29. The van der Waals surface area contributed by atoms with E-state index in [-0.39, 0.29) is 22.3 Å². The predicted octanol–water partition coefficient (Wildman–Crippen LogP) is 4.17. The maximum atomic E-state index is 12.4. The van der Waals surface area contributed by atoms with Crippen LogP contribution >= 0.6 is 39.1 Å². The Morgan fingerprint density at radius 1 is 1.54 bits per heavy atom. The van der Waals surface area contributed by atoms with E-state index in [1.54, 1.807) is 0 Å². The maximum absolute atomic E-state index is 12.4. The Labute approximate surface area is 92.2 Å². The lowest BCUT2D eigenvalue weighted by Crippen LogP contribution is -1.98. The molecule has 0 radical (unpaired) electrons. The average molecular weight is 291 g/mol. The van der Waals surface area contributed by atoms with Crippen LogP contribution in [0, 0.1) is 0 Å². The van der Waals surface area contributed by atoms with E-state index in [1.165, 1.54) is 6.07 Å². The van der Waals surface area contributed by atoms with Gasteiger partial charge >= 0.3 is 0 Å². The molecule has 0 unspecified atom stereocenters. The molecule has 0 amide bonds. The number of nitrogens with zero attached hydrogens (tertiary/aromatic N) is 1. The third-order valence-corrected chi connectivity index (χ3v) is 2.58. The molecule has 1 aromatic heterocycles. The molecule has 0 N–H and O–H groups in total. The van der Waals surface area contributed by atoms with Crippen LogP contribution in [0.1, 0.15) is 17.7 Å². The normalized spacial score (nSPS) is 10.9. The van der Waals surface area contributed by atoms with E-state index < -0.39 is 6.43 Å². The predicted molar refractivity (Wildman–Crippen MR) is 51.5 cm³/mol. The van der Waals surface area contributed by atoms with Crippen molar-refractivity contribution in [2.75, 3.05) is 0 Å². The molecule has 0 aliphatic rings.